The van der Waals surface area contributed by atoms with E-state index in [1.807, 2.05) is 6.26 Å². The zero-order chi connectivity index (χ0) is 14.4. The predicted octanol–water partition coefficient (Wildman–Crippen LogP) is 3.25. The second-order valence-corrected chi connectivity index (χ2v) is 5.76. The van der Waals surface area contributed by atoms with Crippen molar-refractivity contribution < 1.29 is 13.9 Å². The molecule has 0 aliphatic carbocycles. The molecule has 1 aliphatic rings. The summed E-state index contributed by atoms with van der Waals surface area (Å²) >= 11 is 0. The molecular formula is C16H27NO3. The van der Waals surface area contributed by atoms with Gasteiger partial charge in [-0.15, -0.1) is 0 Å². The highest BCUT2D eigenvalue weighted by molar-refractivity contribution is 5.12. The first-order valence-electron chi connectivity index (χ1n) is 7.71. The molecule has 0 aromatic carbocycles. The molecular weight excluding hydrogens is 254 g/mol. The molecule has 4 nitrogen and oxygen atoms in total. The van der Waals surface area contributed by atoms with E-state index in [0.717, 1.165) is 38.1 Å². The van der Waals surface area contributed by atoms with Crippen LogP contribution in [0.2, 0.25) is 0 Å². The molecule has 1 aliphatic heterocycles. The van der Waals surface area contributed by atoms with Crippen molar-refractivity contribution in [3.8, 4) is 0 Å². The van der Waals surface area contributed by atoms with Gasteiger partial charge in [0.2, 0.25) is 0 Å². The Morgan fingerprint density at radius 1 is 1.30 bits per heavy atom. The smallest absolute Gasteiger partial charge is 0.129 e. The third-order valence-electron chi connectivity index (χ3n) is 3.58. The van der Waals surface area contributed by atoms with E-state index in [2.05, 4.69) is 32.2 Å². The van der Waals surface area contributed by atoms with Crippen LogP contribution in [-0.2, 0) is 22.6 Å². The minimum atomic E-state index is 0.278. The molecule has 0 amide bonds. The maximum atomic E-state index is 5.95. The minimum Gasteiger partial charge on any atom is -0.467 e. The average molecular weight is 281 g/mol. The Balaban J connectivity index is 1.73. The highest BCUT2D eigenvalue weighted by Crippen LogP contribution is 2.22. The van der Waals surface area contributed by atoms with Crippen LogP contribution in [0.25, 0.3) is 0 Å². The maximum absolute atomic E-state index is 5.95. The lowest BCUT2D eigenvalue weighted by molar-refractivity contribution is -0.108. The van der Waals surface area contributed by atoms with Crippen molar-refractivity contribution >= 4 is 0 Å². The molecule has 20 heavy (non-hydrogen) atoms. The molecule has 4 heteroatoms. The van der Waals surface area contributed by atoms with Crippen LogP contribution in [0.4, 0.5) is 0 Å². The maximum Gasteiger partial charge on any atom is 0.129 e. The molecule has 2 atom stereocenters. The van der Waals surface area contributed by atoms with Crippen molar-refractivity contribution in [3.63, 3.8) is 0 Å². The Morgan fingerprint density at radius 2 is 2.05 bits per heavy atom. The standard InChI is InChI=1S/C16H27NO3/c1-4-5-17-9-14-8-16(18-10-14)11-19-15-6-12(2)20-13(3)7-15/h8,10,12-13,15,17H,4-7,9,11H2,1-3H3. The van der Waals surface area contributed by atoms with Crippen molar-refractivity contribution in [2.45, 2.75) is 71.5 Å². The van der Waals surface area contributed by atoms with E-state index >= 15 is 0 Å². The normalized spacial score (nSPS) is 26.9. The second kappa shape index (κ2) is 7.81. The van der Waals surface area contributed by atoms with E-state index in [1.165, 1.54) is 5.56 Å². The number of furan rings is 1. The van der Waals surface area contributed by atoms with Crippen LogP contribution in [-0.4, -0.2) is 24.9 Å². The van der Waals surface area contributed by atoms with E-state index in [4.69, 9.17) is 13.9 Å². The van der Waals surface area contributed by atoms with Crippen LogP contribution >= 0.6 is 0 Å². The van der Waals surface area contributed by atoms with E-state index in [1.54, 1.807) is 0 Å². The fraction of sp³-hybridized carbons (Fsp3) is 0.750. The summed E-state index contributed by atoms with van der Waals surface area (Å²) in [5.74, 6) is 0.907. The Labute approximate surface area is 121 Å². The summed E-state index contributed by atoms with van der Waals surface area (Å²) in [6.07, 6.45) is 5.75. The zero-order valence-electron chi connectivity index (χ0n) is 12.9. The van der Waals surface area contributed by atoms with Gasteiger partial charge < -0.3 is 19.2 Å². The van der Waals surface area contributed by atoms with Gasteiger partial charge in [0.25, 0.3) is 0 Å². The molecule has 0 saturated carbocycles. The van der Waals surface area contributed by atoms with E-state index in [9.17, 15) is 0 Å². The fourth-order valence-electron chi connectivity index (χ4n) is 2.68. The Bertz CT molecular complexity index is 381. The van der Waals surface area contributed by atoms with Gasteiger partial charge in [-0.1, -0.05) is 6.92 Å². The van der Waals surface area contributed by atoms with Crippen LogP contribution in [0.3, 0.4) is 0 Å². The van der Waals surface area contributed by atoms with Gasteiger partial charge in [-0.3, -0.25) is 0 Å². The lowest BCUT2D eigenvalue weighted by Gasteiger charge is -2.31. The highest BCUT2D eigenvalue weighted by Gasteiger charge is 2.25. The molecule has 0 spiro atoms. The molecule has 1 aromatic heterocycles. The summed E-state index contributed by atoms with van der Waals surface area (Å²) in [6, 6.07) is 2.08. The highest BCUT2D eigenvalue weighted by atomic mass is 16.5. The molecule has 1 fully saturated rings. The minimum absolute atomic E-state index is 0.278. The molecule has 2 rings (SSSR count). The largest absolute Gasteiger partial charge is 0.467 e. The molecule has 1 aromatic rings. The molecule has 2 unspecified atom stereocenters. The summed E-state index contributed by atoms with van der Waals surface area (Å²) in [6.45, 7) is 8.83. The summed E-state index contributed by atoms with van der Waals surface area (Å²) in [5.41, 5.74) is 1.19. The van der Waals surface area contributed by atoms with Crippen LogP contribution in [0.5, 0.6) is 0 Å². The molecule has 0 radical (unpaired) electrons. The van der Waals surface area contributed by atoms with Crippen LogP contribution < -0.4 is 5.32 Å². The Hall–Kier alpha value is -0.840. The first-order chi connectivity index (χ1) is 9.67. The molecule has 0 bridgehead atoms. The molecule has 2 heterocycles. The summed E-state index contributed by atoms with van der Waals surface area (Å²) in [7, 11) is 0. The van der Waals surface area contributed by atoms with E-state index in [0.29, 0.717) is 6.61 Å². The number of hydrogen-bond donors (Lipinski definition) is 1. The predicted molar refractivity (Wildman–Crippen MR) is 78.5 cm³/mol. The summed E-state index contributed by atoms with van der Waals surface area (Å²) in [5, 5.41) is 3.36. The summed E-state index contributed by atoms with van der Waals surface area (Å²) < 4.78 is 17.2. The van der Waals surface area contributed by atoms with E-state index < -0.39 is 0 Å². The van der Waals surface area contributed by atoms with Gasteiger partial charge >= 0.3 is 0 Å². The topological polar surface area (TPSA) is 43.6 Å². The lowest BCUT2D eigenvalue weighted by atomic mass is 10.0. The van der Waals surface area contributed by atoms with Gasteiger partial charge in [-0.2, -0.15) is 0 Å². The van der Waals surface area contributed by atoms with Crippen LogP contribution in [0.1, 0.15) is 51.4 Å². The van der Waals surface area contributed by atoms with Gasteiger partial charge in [0.15, 0.2) is 0 Å². The molecule has 114 valence electrons. The van der Waals surface area contributed by atoms with Gasteiger partial charge in [-0.05, 0) is 45.7 Å². The van der Waals surface area contributed by atoms with Crippen molar-refractivity contribution in [1.29, 1.82) is 0 Å². The molecule has 1 N–H and O–H groups in total. The first-order valence-corrected chi connectivity index (χ1v) is 7.71. The first kappa shape index (κ1) is 15.5. The third-order valence-corrected chi connectivity index (χ3v) is 3.58. The lowest BCUT2D eigenvalue weighted by Crippen LogP contribution is -2.33. The van der Waals surface area contributed by atoms with Crippen LogP contribution in [0, 0.1) is 0 Å². The van der Waals surface area contributed by atoms with Gasteiger partial charge in [0.05, 0.1) is 24.6 Å². The number of hydrogen-bond acceptors (Lipinski definition) is 4. The van der Waals surface area contributed by atoms with Gasteiger partial charge in [-0.25, -0.2) is 0 Å². The Morgan fingerprint density at radius 3 is 2.75 bits per heavy atom. The number of ether oxygens (including phenoxy) is 2. The van der Waals surface area contributed by atoms with Gasteiger partial charge in [0, 0.05) is 12.1 Å². The SMILES string of the molecule is CCCNCc1coc(COC2CC(C)OC(C)C2)c1. The third kappa shape index (κ3) is 4.93. The monoisotopic (exact) mass is 281 g/mol. The number of nitrogens with one attached hydrogen (secondary N) is 1. The van der Waals surface area contributed by atoms with Crippen molar-refractivity contribution in [2.75, 3.05) is 6.54 Å². The van der Waals surface area contributed by atoms with Crippen molar-refractivity contribution in [1.82, 2.24) is 5.32 Å². The van der Waals surface area contributed by atoms with E-state index in [-0.39, 0.29) is 18.3 Å². The Kier molecular flexibility index (Phi) is 6.07. The second-order valence-electron chi connectivity index (χ2n) is 5.76. The average Bonchev–Trinajstić information content (AvgIpc) is 2.84. The van der Waals surface area contributed by atoms with Crippen LogP contribution in [0.15, 0.2) is 16.7 Å². The molecule has 1 saturated heterocycles. The summed E-state index contributed by atoms with van der Waals surface area (Å²) in [4.78, 5) is 0. The van der Waals surface area contributed by atoms with Gasteiger partial charge in [0.1, 0.15) is 12.4 Å². The van der Waals surface area contributed by atoms with Crippen molar-refractivity contribution in [2.24, 2.45) is 0 Å². The zero-order valence-corrected chi connectivity index (χ0v) is 12.9. The number of rotatable bonds is 7. The quantitative estimate of drug-likeness (QED) is 0.779. The van der Waals surface area contributed by atoms with Crippen molar-refractivity contribution in [3.05, 3.63) is 23.7 Å². The fourth-order valence-corrected chi connectivity index (χ4v) is 2.68.